The molecule has 0 aromatic heterocycles. The molecule has 0 aliphatic rings. The summed E-state index contributed by atoms with van der Waals surface area (Å²) < 4.78 is 0. The number of carbonyl (C=O) groups excluding carboxylic acids is 2. The molecular formula is C12H19ClN4O2. The van der Waals surface area contributed by atoms with E-state index in [-0.39, 0.29) is 24.4 Å². The Kier molecular flexibility index (Phi) is 7.55. The minimum atomic E-state index is -0.617. The van der Waals surface area contributed by atoms with Crippen LogP contribution in [0.15, 0.2) is 24.3 Å². The second-order valence-electron chi connectivity index (χ2n) is 4.15. The van der Waals surface area contributed by atoms with E-state index in [9.17, 15) is 9.59 Å². The van der Waals surface area contributed by atoms with Gasteiger partial charge in [0.05, 0.1) is 0 Å². The van der Waals surface area contributed by atoms with Crippen LogP contribution in [0.2, 0.25) is 0 Å². The van der Waals surface area contributed by atoms with Crippen molar-refractivity contribution in [2.24, 2.45) is 11.5 Å². The summed E-state index contributed by atoms with van der Waals surface area (Å²) in [5, 5.41) is 5.22. The fourth-order valence-corrected chi connectivity index (χ4v) is 1.47. The number of halogens is 1. The molecule has 0 heterocycles. The van der Waals surface area contributed by atoms with Crippen LogP contribution in [0, 0.1) is 0 Å². The Morgan fingerprint density at radius 3 is 2.63 bits per heavy atom. The van der Waals surface area contributed by atoms with Gasteiger partial charge in [-0.25, -0.2) is 4.79 Å². The van der Waals surface area contributed by atoms with E-state index in [0.717, 1.165) is 5.56 Å². The number of hydrogen-bond donors (Lipinski definition) is 4. The highest BCUT2D eigenvalue weighted by Gasteiger charge is 2.05. The van der Waals surface area contributed by atoms with Gasteiger partial charge in [-0.3, -0.25) is 4.79 Å². The van der Waals surface area contributed by atoms with Crippen molar-refractivity contribution < 1.29 is 9.59 Å². The van der Waals surface area contributed by atoms with E-state index in [0.29, 0.717) is 18.7 Å². The fourth-order valence-electron chi connectivity index (χ4n) is 1.47. The first-order chi connectivity index (χ1) is 8.47. The van der Waals surface area contributed by atoms with Gasteiger partial charge in [0.2, 0.25) is 5.91 Å². The molecule has 6 nitrogen and oxygen atoms in total. The molecule has 19 heavy (non-hydrogen) atoms. The Hall–Kier alpha value is -1.79. The van der Waals surface area contributed by atoms with E-state index in [2.05, 4.69) is 10.6 Å². The Morgan fingerprint density at radius 1 is 1.37 bits per heavy atom. The zero-order chi connectivity index (χ0) is 13.5. The van der Waals surface area contributed by atoms with Crippen molar-refractivity contribution in [3.8, 4) is 0 Å². The average Bonchev–Trinajstić information content (AvgIpc) is 2.25. The summed E-state index contributed by atoms with van der Waals surface area (Å²) in [6.07, 6.45) is 0.291. The molecule has 1 rings (SSSR count). The van der Waals surface area contributed by atoms with Gasteiger partial charge in [-0.2, -0.15) is 0 Å². The molecule has 0 spiro atoms. The number of amides is 3. The first kappa shape index (κ1) is 17.2. The van der Waals surface area contributed by atoms with Crippen LogP contribution in [0.1, 0.15) is 18.9 Å². The lowest BCUT2D eigenvalue weighted by Crippen LogP contribution is -2.29. The minimum absolute atomic E-state index is 0. The second kappa shape index (κ2) is 8.34. The van der Waals surface area contributed by atoms with Crippen molar-refractivity contribution in [2.75, 3.05) is 5.32 Å². The zero-order valence-electron chi connectivity index (χ0n) is 10.7. The van der Waals surface area contributed by atoms with Gasteiger partial charge in [-0.15, -0.1) is 12.4 Å². The number of carbonyl (C=O) groups is 2. The maximum Gasteiger partial charge on any atom is 0.316 e. The summed E-state index contributed by atoms with van der Waals surface area (Å²) in [6.45, 7) is 2.16. The number of primary amides is 1. The molecule has 1 aromatic rings. The van der Waals surface area contributed by atoms with Crippen LogP contribution in [-0.2, 0) is 11.3 Å². The van der Waals surface area contributed by atoms with Crippen molar-refractivity contribution in [3.63, 3.8) is 0 Å². The third-order valence-corrected chi connectivity index (χ3v) is 2.19. The number of anilines is 1. The molecule has 1 aromatic carbocycles. The molecule has 0 bridgehead atoms. The minimum Gasteiger partial charge on any atom is -0.352 e. The number of nitrogens with two attached hydrogens (primary N) is 2. The molecule has 0 saturated heterocycles. The molecule has 0 radical (unpaired) electrons. The molecule has 0 fully saturated rings. The van der Waals surface area contributed by atoms with E-state index in [1.807, 2.05) is 6.07 Å². The average molecular weight is 287 g/mol. The molecule has 0 aliphatic heterocycles. The van der Waals surface area contributed by atoms with E-state index < -0.39 is 6.03 Å². The smallest absolute Gasteiger partial charge is 0.316 e. The molecule has 1 unspecified atom stereocenters. The first-order valence-electron chi connectivity index (χ1n) is 5.65. The molecule has 7 heteroatoms. The van der Waals surface area contributed by atoms with Gasteiger partial charge in [0.15, 0.2) is 0 Å². The fraction of sp³-hybridized carbons (Fsp3) is 0.333. The topological polar surface area (TPSA) is 110 Å². The standard InChI is InChI=1S/C12H18N4O2.ClH/c1-8(13)5-11(17)15-7-9-3-2-4-10(6-9)16-12(14)18;/h2-4,6,8H,5,7,13H2,1H3,(H,15,17)(H3,14,16,18);1H. The van der Waals surface area contributed by atoms with Gasteiger partial charge in [-0.05, 0) is 24.6 Å². The molecular weight excluding hydrogens is 268 g/mol. The Morgan fingerprint density at radius 2 is 2.05 bits per heavy atom. The lowest BCUT2D eigenvalue weighted by atomic mass is 10.2. The van der Waals surface area contributed by atoms with Crippen LogP contribution in [-0.4, -0.2) is 18.0 Å². The normalized spacial score (nSPS) is 11.1. The van der Waals surface area contributed by atoms with E-state index in [1.54, 1.807) is 25.1 Å². The van der Waals surface area contributed by atoms with Crippen LogP contribution < -0.4 is 22.1 Å². The largest absolute Gasteiger partial charge is 0.352 e. The van der Waals surface area contributed by atoms with Crippen molar-refractivity contribution in [1.82, 2.24) is 5.32 Å². The van der Waals surface area contributed by atoms with Crippen molar-refractivity contribution in [3.05, 3.63) is 29.8 Å². The lowest BCUT2D eigenvalue weighted by molar-refractivity contribution is -0.121. The molecule has 0 aliphatic carbocycles. The highest BCUT2D eigenvalue weighted by atomic mass is 35.5. The summed E-state index contributed by atoms with van der Waals surface area (Å²) >= 11 is 0. The second-order valence-corrected chi connectivity index (χ2v) is 4.15. The van der Waals surface area contributed by atoms with E-state index >= 15 is 0 Å². The monoisotopic (exact) mass is 286 g/mol. The molecule has 3 amide bonds. The van der Waals surface area contributed by atoms with Crippen molar-refractivity contribution in [1.29, 1.82) is 0 Å². The Bertz CT molecular complexity index is 437. The molecule has 0 saturated carbocycles. The van der Waals surface area contributed by atoms with Crippen LogP contribution >= 0.6 is 12.4 Å². The highest BCUT2D eigenvalue weighted by molar-refractivity contribution is 5.87. The van der Waals surface area contributed by atoms with Gasteiger partial charge >= 0.3 is 6.03 Å². The van der Waals surface area contributed by atoms with Crippen LogP contribution in [0.4, 0.5) is 10.5 Å². The molecule has 6 N–H and O–H groups in total. The third-order valence-electron chi connectivity index (χ3n) is 2.19. The summed E-state index contributed by atoms with van der Waals surface area (Å²) in [7, 11) is 0. The lowest BCUT2D eigenvalue weighted by Gasteiger charge is -2.08. The number of benzene rings is 1. The van der Waals surface area contributed by atoms with Crippen LogP contribution in [0.25, 0.3) is 0 Å². The van der Waals surface area contributed by atoms with Gasteiger partial charge in [0, 0.05) is 24.7 Å². The van der Waals surface area contributed by atoms with E-state index in [1.165, 1.54) is 0 Å². The summed E-state index contributed by atoms with van der Waals surface area (Å²) in [6, 6.07) is 6.31. The van der Waals surface area contributed by atoms with Crippen LogP contribution in [0.5, 0.6) is 0 Å². The predicted octanol–water partition coefficient (Wildman–Crippen LogP) is 0.952. The molecule has 106 valence electrons. The van der Waals surface area contributed by atoms with Crippen LogP contribution in [0.3, 0.4) is 0 Å². The van der Waals surface area contributed by atoms with Gasteiger partial charge in [0.1, 0.15) is 0 Å². The predicted molar refractivity (Wildman–Crippen MR) is 77.0 cm³/mol. The number of rotatable bonds is 5. The van der Waals surface area contributed by atoms with Crippen molar-refractivity contribution >= 4 is 30.0 Å². The summed E-state index contributed by atoms with van der Waals surface area (Å²) in [4.78, 5) is 22.1. The quantitative estimate of drug-likeness (QED) is 0.647. The Labute approximate surface area is 118 Å². The van der Waals surface area contributed by atoms with Gasteiger partial charge in [-0.1, -0.05) is 12.1 Å². The number of urea groups is 1. The third kappa shape index (κ3) is 7.28. The number of nitrogens with one attached hydrogen (secondary N) is 2. The summed E-state index contributed by atoms with van der Waals surface area (Å²) in [5.74, 6) is -0.0988. The van der Waals surface area contributed by atoms with Gasteiger partial charge in [0.25, 0.3) is 0 Å². The van der Waals surface area contributed by atoms with E-state index in [4.69, 9.17) is 11.5 Å². The summed E-state index contributed by atoms with van der Waals surface area (Å²) in [5.41, 5.74) is 12.0. The maximum absolute atomic E-state index is 11.4. The Balaban J connectivity index is 0.00000324. The number of hydrogen-bond acceptors (Lipinski definition) is 3. The highest BCUT2D eigenvalue weighted by Crippen LogP contribution is 2.10. The maximum atomic E-state index is 11.4. The zero-order valence-corrected chi connectivity index (χ0v) is 11.5. The van der Waals surface area contributed by atoms with Crippen molar-refractivity contribution in [2.45, 2.75) is 25.9 Å². The first-order valence-corrected chi connectivity index (χ1v) is 5.65. The van der Waals surface area contributed by atoms with Gasteiger partial charge < -0.3 is 22.1 Å². The molecule has 1 atom stereocenters. The SMILES string of the molecule is CC(N)CC(=O)NCc1cccc(NC(N)=O)c1.Cl.